The predicted octanol–water partition coefficient (Wildman–Crippen LogP) is 0.865. The third kappa shape index (κ3) is 1.69. The van der Waals surface area contributed by atoms with E-state index in [1.54, 1.807) is 0 Å². The van der Waals surface area contributed by atoms with Crippen molar-refractivity contribution in [1.82, 2.24) is 0 Å². The van der Waals surface area contributed by atoms with Crippen LogP contribution >= 0.6 is 0 Å². The van der Waals surface area contributed by atoms with Crippen molar-refractivity contribution >= 4 is 0 Å². The molecule has 1 heterocycles. The highest BCUT2D eigenvalue weighted by Gasteiger charge is 2.21. The maximum absolute atomic E-state index is 5.09. The zero-order chi connectivity index (χ0) is 6.69. The van der Waals surface area contributed by atoms with E-state index < -0.39 is 0 Å². The van der Waals surface area contributed by atoms with E-state index in [2.05, 4.69) is 6.58 Å². The van der Waals surface area contributed by atoms with Crippen molar-refractivity contribution in [3.05, 3.63) is 12.8 Å². The van der Waals surface area contributed by atoms with Crippen molar-refractivity contribution < 1.29 is 14.2 Å². The summed E-state index contributed by atoms with van der Waals surface area (Å²) in [5.41, 5.74) is 0. The summed E-state index contributed by atoms with van der Waals surface area (Å²) in [6.07, 6.45) is 0.957. The average Bonchev–Trinajstić information content (AvgIpc) is 2.17. The summed E-state index contributed by atoms with van der Waals surface area (Å²) in [4.78, 5) is 0. The molecule has 3 heteroatoms. The van der Waals surface area contributed by atoms with Gasteiger partial charge in [-0.2, -0.15) is 0 Å². The molecule has 0 aromatic rings. The van der Waals surface area contributed by atoms with Crippen LogP contribution < -0.4 is 0 Å². The van der Waals surface area contributed by atoms with Crippen molar-refractivity contribution in [3.8, 4) is 0 Å². The molecule has 0 spiro atoms. The van der Waals surface area contributed by atoms with Gasteiger partial charge in [0.1, 0.15) is 6.61 Å². The number of hydrogen-bond acceptors (Lipinski definition) is 3. The Morgan fingerprint density at radius 2 is 2.56 bits per heavy atom. The van der Waals surface area contributed by atoms with Gasteiger partial charge >= 0.3 is 0 Å². The molecule has 0 aromatic carbocycles. The fourth-order valence-electron chi connectivity index (χ4n) is 0.685. The Morgan fingerprint density at radius 3 is 3.00 bits per heavy atom. The topological polar surface area (TPSA) is 27.7 Å². The molecule has 0 bridgehead atoms. The lowest BCUT2D eigenvalue weighted by atomic mass is 10.7. The van der Waals surface area contributed by atoms with Gasteiger partial charge in [-0.15, -0.1) is 0 Å². The van der Waals surface area contributed by atoms with E-state index in [4.69, 9.17) is 14.2 Å². The first-order chi connectivity index (χ1) is 4.33. The summed E-state index contributed by atoms with van der Waals surface area (Å²) in [6.45, 7) is 5.71. The lowest BCUT2D eigenvalue weighted by molar-refractivity contribution is -0.109. The largest absolute Gasteiger partial charge is 0.471 e. The standard InChI is InChI=1S/C6H10O3/c1-3-7-6-4-8-5(2)9-6/h3,5-6H,1,4H2,2H3. The highest BCUT2D eigenvalue weighted by atomic mass is 16.8. The Balaban J connectivity index is 2.21. The molecule has 0 saturated carbocycles. The average molecular weight is 130 g/mol. The van der Waals surface area contributed by atoms with E-state index in [-0.39, 0.29) is 12.6 Å². The third-order valence-corrected chi connectivity index (χ3v) is 1.06. The zero-order valence-electron chi connectivity index (χ0n) is 5.37. The normalized spacial score (nSPS) is 34.3. The smallest absolute Gasteiger partial charge is 0.224 e. The van der Waals surface area contributed by atoms with Crippen molar-refractivity contribution in [2.24, 2.45) is 0 Å². The van der Waals surface area contributed by atoms with Crippen LogP contribution in [-0.4, -0.2) is 19.2 Å². The maximum Gasteiger partial charge on any atom is 0.224 e. The molecule has 9 heavy (non-hydrogen) atoms. The fraction of sp³-hybridized carbons (Fsp3) is 0.667. The monoisotopic (exact) mass is 130 g/mol. The number of hydrogen-bond donors (Lipinski definition) is 0. The minimum atomic E-state index is -0.252. The van der Waals surface area contributed by atoms with Crippen LogP contribution in [0.1, 0.15) is 6.92 Å². The summed E-state index contributed by atoms with van der Waals surface area (Å²) in [6, 6.07) is 0. The van der Waals surface area contributed by atoms with Crippen LogP contribution in [0.25, 0.3) is 0 Å². The Hall–Kier alpha value is -0.540. The highest BCUT2D eigenvalue weighted by molar-refractivity contribution is 4.57. The van der Waals surface area contributed by atoms with Gasteiger partial charge in [0.25, 0.3) is 0 Å². The summed E-state index contributed by atoms with van der Waals surface area (Å²) in [5.74, 6) is 0. The molecule has 0 aliphatic carbocycles. The summed E-state index contributed by atoms with van der Waals surface area (Å²) < 4.78 is 15.0. The SMILES string of the molecule is C=COC1COC(C)O1. The molecule has 1 aliphatic rings. The molecule has 0 amide bonds. The molecule has 1 rings (SSSR count). The molecule has 1 aliphatic heterocycles. The Morgan fingerprint density at radius 1 is 1.78 bits per heavy atom. The first-order valence-electron chi connectivity index (χ1n) is 2.86. The van der Waals surface area contributed by atoms with Crippen LogP contribution in [0, 0.1) is 0 Å². The van der Waals surface area contributed by atoms with E-state index in [1.165, 1.54) is 6.26 Å². The number of rotatable bonds is 2. The van der Waals surface area contributed by atoms with Gasteiger partial charge in [0.15, 0.2) is 6.29 Å². The summed E-state index contributed by atoms with van der Waals surface area (Å²) in [7, 11) is 0. The van der Waals surface area contributed by atoms with Crippen LogP contribution in [0.4, 0.5) is 0 Å². The van der Waals surface area contributed by atoms with Crippen LogP contribution in [0.15, 0.2) is 12.8 Å². The van der Waals surface area contributed by atoms with Crippen molar-refractivity contribution in [2.75, 3.05) is 6.61 Å². The van der Waals surface area contributed by atoms with E-state index in [0.717, 1.165) is 0 Å². The zero-order valence-corrected chi connectivity index (χ0v) is 5.37. The second kappa shape index (κ2) is 2.85. The minimum absolute atomic E-state index is 0.144. The summed E-state index contributed by atoms with van der Waals surface area (Å²) in [5, 5.41) is 0. The van der Waals surface area contributed by atoms with Gasteiger partial charge in [-0.3, -0.25) is 0 Å². The van der Waals surface area contributed by atoms with Gasteiger partial charge in [-0.05, 0) is 6.92 Å². The Bertz CT molecular complexity index is 102. The molecule has 0 radical (unpaired) electrons. The number of ether oxygens (including phenoxy) is 3. The van der Waals surface area contributed by atoms with Crippen LogP contribution in [-0.2, 0) is 14.2 Å². The molecule has 52 valence electrons. The second-order valence-corrected chi connectivity index (χ2v) is 1.77. The fourth-order valence-corrected chi connectivity index (χ4v) is 0.685. The van der Waals surface area contributed by atoms with Crippen LogP contribution in [0.3, 0.4) is 0 Å². The second-order valence-electron chi connectivity index (χ2n) is 1.77. The van der Waals surface area contributed by atoms with Gasteiger partial charge in [0.2, 0.25) is 6.29 Å². The van der Waals surface area contributed by atoms with Crippen LogP contribution in [0.2, 0.25) is 0 Å². The van der Waals surface area contributed by atoms with Gasteiger partial charge in [-0.25, -0.2) is 0 Å². The predicted molar refractivity (Wildman–Crippen MR) is 31.6 cm³/mol. The Labute approximate surface area is 54.2 Å². The van der Waals surface area contributed by atoms with E-state index in [1.807, 2.05) is 6.92 Å². The van der Waals surface area contributed by atoms with E-state index >= 15 is 0 Å². The van der Waals surface area contributed by atoms with Gasteiger partial charge in [-0.1, -0.05) is 6.58 Å². The first kappa shape index (κ1) is 6.58. The lowest BCUT2D eigenvalue weighted by Gasteiger charge is -2.05. The molecule has 0 aromatic heterocycles. The molecule has 1 fully saturated rings. The van der Waals surface area contributed by atoms with Crippen molar-refractivity contribution in [3.63, 3.8) is 0 Å². The first-order valence-corrected chi connectivity index (χ1v) is 2.86. The molecule has 3 nitrogen and oxygen atoms in total. The highest BCUT2D eigenvalue weighted by Crippen LogP contribution is 2.11. The molecule has 0 N–H and O–H groups in total. The van der Waals surface area contributed by atoms with E-state index in [0.29, 0.717) is 6.61 Å². The van der Waals surface area contributed by atoms with Gasteiger partial charge in [0, 0.05) is 0 Å². The molecule has 2 atom stereocenters. The van der Waals surface area contributed by atoms with E-state index in [9.17, 15) is 0 Å². The molecule has 2 unspecified atom stereocenters. The molecular formula is C6H10O3. The Kier molecular flexibility index (Phi) is 2.08. The third-order valence-electron chi connectivity index (χ3n) is 1.06. The minimum Gasteiger partial charge on any atom is -0.471 e. The summed E-state index contributed by atoms with van der Waals surface area (Å²) >= 11 is 0. The van der Waals surface area contributed by atoms with Gasteiger partial charge < -0.3 is 14.2 Å². The van der Waals surface area contributed by atoms with Crippen molar-refractivity contribution in [2.45, 2.75) is 19.5 Å². The maximum atomic E-state index is 5.09. The van der Waals surface area contributed by atoms with Crippen LogP contribution in [0.5, 0.6) is 0 Å². The molecule has 1 saturated heterocycles. The van der Waals surface area contributed by atoms with Crippen molar-refractivity contribution in [1.29, 1.82) is 0 Å². The quantitative estimate of drug-likeness (QED) is 0.519. The molecular weight excluding hydrogens is 120 g/mol. The van der Waals surface area contributed by atoms with Gasteiger partial charge in [0.05, 0.1) is 6.26 Å². The lowest BCUT2D eigenvalue weighted by Crippen LogP contribution is -2.11.